The first-order valence-corrected chi connectivity index (χ1v) is 7.55. The van der Waals surface area contributed by atoms with Gasteiger partial charge < -0.3 is 10.3 Å². The highest BCUT2D eigenvalue weighted by molar-refractivity contribution is 5.76. The molecule has 2 aromatic carbocycles. The fourth-order valence-corrected chi connectivity index (χ4v) is 2.46. The molecular weight excluding hydrogens is 318 g/mol. The van der Waals surface area contributed by atoms with Crippen LogP contribution in [0.15, 0.2) is 65.3 Å². The Morgan fingerprint density at radius 1 is 1.04 bits per heavy atom. The van der Waals surface area contributed by atoms with Gasteiger partial charge in [0.1, 0.15) is 17.7 Å². The maximum atomic E-state index is 10.7. The largest absolute Gasteiger partial charge is 0.383 e. The molecule has 4 aromatic rings. The minimum absolute atomic E-state index is 0.286. The van der Waals surface area contributed by atoms with E-state index in [0.29, 0.717) is 22.8 Å². The van der Waals surface area contributed by atoms with Crippen LogP contribution >= 0.6 is 0 Å². The van der Waals surface area contributed by atoms with Crippen LogP contribution in [0.2, 0.25) is 0 Å². The van der Waals surface area contributed by atoms with E-state index in [1.54, 1.807) is 35.1 Å². The summed E-state index contributed by atoms with van der Waals surface area (Å²) < 4.78 is 6.94. The summed E-state index contributed by atoms with van der Waals surface area (Å²) in [5.74, 6) is 1.12. The number of aldehydes is 1. The maximum Gasteiger partial charge on any atom is 0.263 e. The van der Waals surface area contributed by atoms with Crippen molar-refractivity contribution in [3.05, 3.63) is 66.4 Å². The number of hydrogen-bond donors (Lipinski definition) is 1. The van der Waals surface area contributed by atoms with Crippen LogP contribution in [0.4, 0.5) is 5.82 Å². The Morgan fingerprint density at radius 3 is 2.52 bits per heavy atom. The number of nitrogens with two attached hydrogens (primary N) is 1. The van der Waals surface area contributed by atoms with Crippen LogP contribution in [0.3, 0.4) is 0 Å². The Labute approximate surface area is 142 Å². The standard InChI is InChI=1S/C18H13N5O2/c19-16-15(10-20-23(16)14-4-2-1-3-5-14)18-21-17(22-25-18)13-8-6-12(11-24)7-9-13/h1-11H,19H2. The molecule has 0 bridgehead atoms. The van der Waals surface area contributed by atoms with E-state index in [2.05, 4.69) is 15.2 Å². The van der Waals surface area contributed by atoms with Crippen molar-refractivity contribution >= 4 is 12.1 Å². The summed E-state index contributed by atoms with van der Waals surface area (Å²) in [6, 6.07) is 16.4. The fraction of sp³-hybridized carbons (Fsp3) is 0. The first-order valence-electron chi connectivity index (χ1n) is 7.55. The third kappa shape index (κ3) is 2.67. The van der Waals surface area contributed by atoms with E-state index in [-0.39, 0.29) is 5.89 Å². The van der Waals surface area contributed by atoms with Gasteiger partial charge in [-0.3, -0.25) is 4.79 Å². The zero-order chi connectivity index (χ0) is 17.2. The molecule has 25 heavy (non-hydrogen) atoms. The van der Waals surface area contributed by atoms with Crippen molar-refractivity contribution in [1.29, 1.82) is 0 Å². The van der Waals surface area contributed by atoms with Crippen LogP contribution in [-0.2, 0) is 0 Å². The Morgan fingerprint density at radius 2 is 1.80 bits per heavy atom. The van der Waals surface area contributed by atoms with Gasteiger partial charge in [-0.05, 0) is 12.1 Å². The number of rotatable bonds is 4. The Hall–Kier alpha value is -3.74. The van der Waals surface area contributed by atoms with Crippen molar-refractivity contribution in [3.63, 3.8) is 0 Å². The lowest BCUT2D eigenvalue weighted by molar-refractivity contribution is 0.112. The predicted octanol–water partition coefficient (Wildman–Crippen LogP) is 2.98. The minimum Gasteiger partial charge on any atom is -0.383 e. The van der Waals surface area contributed by atoms with Gasteiger partial charge in [-0.1, -0.05) is 47.6 Å². The molecule has 7 heteroatoms. The van der Waals surface area contributed by atoms with Crippen LogP contribution < -0.4 is 5.73 Å². The van der Waals surface area contributed by atoms with E-state index in [1.807, 2.05) is 30.3 Å². The molecule has 0 aliphatic carbocycles. The molecule has 7 nitrogen and oxygen atoms in total. The summed E-state index contributed by atoms with van der Waals surface area (Å²) in [5, 5.41) is 8.27. The smallest absolute Gasteiger partial charge is 0.263 e. The molecule has 0 aliphatic heterocycles. The normalized spacial score (nSPS) is 10.7. The molecule has 0 fully saturated rings. The lowest BCUT2D eigenvalue weighted by atomic mass is 10.1. The number of hydrogen-bond acceptors (Lipinski definition) is 6. The monoisotopic (exact) mass is 331 g/mol. The summed E-state index contributed by atoms with van der Waals surface area (Å²) in [4.78, 5) is 15.1. The molecule has 0 atom stereocenters. The van der Waals surface area contributed by atoms with Gasteiger partial charge in [0.25, 0.3) is 5.89 Å². The van der Waals surface area contributed by atoms with E-state index in [0.717, 1.165) is 17.5 Å². The minimum atomic E-state index is 0.286. The summed E-state index contributed by atoms with van der Waals surface area (Å²) >= 11 is 0. The van der Waals surface area contributed by atoms with Gasteiger partial charge in [0.15, 0.2) is 0 Å². The van der Waals surface area contributed by atoms with Crippen molar-refractivity contribution in [2.24, 2.45) is 0 Å². The average Bonchev–Trinajstić information content (AvgIpc) is 3.29. The molecule has 122 valence electrons. The molecule has 0 radical (unpaired) electrons. The number of aromatic nitrogens is 4. The van der Waals surface area contributed by atoms with Crippen LogP contribution in [-0.4, -0.2) is 26.2 Å². The van der Waals surface area contributed by atoms with Crippen LogP contribution in [0.25, 0.3) is 28.5 Å². The highest BCUT2D eigenvalue weighted by Crippen LogP contribution is 2.28. The molecule has 0 spiro atoms. The fourth-order valence-electron chi connectivity index (χ4n) is 2.46. The van der Waals surface area contributed by atoms with E-state index in [9.17, 15) is 4.79 Å². The maximum absolute atomic E-state index is 10.7. The number of para-hydroxylation sites is 1. The third-order valence-corrected chi connectivity index (χ3v) is 3.77. The zero-order valence-electron chi connectivity index (χ0n) is 13.0. The predicted molar refractivity (Wildman–Crippen MR) is 92.1 cm³/mol. The zero-order valence-corrected chi connectivity index (χ0v) is 13.0. The highest BCUT2D eigenvalue weighted by Gasteiger charge is 2.17. The van der Waals surface area contributed by atoms with Crippen molar-refractivity contribution in [3.8, 4) is 28.5 Å². The van der Waals surface area contributed by atoms with E-state index >= 15 is 0 Å². The second-order valence-corrected chi connectivity index (χ2v) is 5.35. The van der Waals surface area contributed by atoms with Gasteiger partial charge in [0.2, 0.25) is 5.82 Å². The van der Waals surface area contributed by atoms with Crippen molar-refractivity contribution < 1.29 is 9.32 Å². The molecule has 2 N–H and O–H groups in total. The summed E-state index contributed by atoms with van der Waals surface area (Å²) in [6.07, 6.45) is 2.37. The quantitative estimate of drug-likeness (QED) is 0.577. The average molecular weight is 331 g/mol. The molecular formula is C18H13N5O2. The number of carbonyl (C=O) groups excluding carboxylic acids is 1. The first-order chi connectivity index (χ1) is 12.3. The van der Waals surface area contributed by atoms with Crippen LogP contribution in [0.5, 0.6) is 0 Å². The molecule has 4 rings (SSSR count). The van der Waals surface area contributed by atoms with Gasteiger partial charge in [-0.2, -0.15) is 10.1 Å². The molecule has 0 amide bonds. The molecule has 2 heterocycles. The second kappa shape index (κ2) is 6.04. The molecule has 0 aliphatic rings. The highest BCUT2D eigenvalue weighted by atomic mass is 16.5. The van der Waals surface area contributed by atoms with Gasteiger partial charge in [0.05, 0.1) is 11.9 Å². The third-order valence-electron chi connectivity index (χ3n) is 3.77. The van der Waals surface area contributed by atoms with E-state index < -0.39 is 0 Å². The Kier molecular flexibility index (Phi) is 3.59. The summed E-state index contributed by atoms with van der Waals surface area (Å²) in [5.41, 5.74) is 8.92. The Balaban J connectivity index is 1.68. The lowest BCUT2D eigenvalue weighted by Gasteiger charge is -2.03. The number of anilines is 1. The van der Waals surface area contributed by atoms with Gasteiger partial charge >= 0.3 is 0 Å². The van der Waals surface area contributed by atoms with Crippen LogP contribution in [0.1, 0.15) is 10.4 Å². The lowest BCUT2D eigenvalue weighted by Crippen LogP contribution is -2.01. The number of benzene rings is 2. The van der Waals surface area contributed by atoms with Crippen molar-refractivity contribution in [1.82, 2.24) is 19.9 Å². The second-order valence-electron chi connectivity index (χ2n) is 5.35. The number of carbonyl (C=O) groups is 1. The number of nitrogen functional groups attached to an aromatic ring is 1. The van der Waals surface area contributed by atoms with E-state index in [4.69, 9.17) is 10.3 Å². The molecule has 0 saturated heterocycles. The SMILES string of the molecule is Nc1c(-c2nc(-c3ccc(C=O)cc3)no2)cnn1-c1ccccc1. The topological polar surface area (TPSA) is 99.8 Å². The summed E-state index contributed by atoms with van der Waals surface area (Å²) in [6.45, 7) is 0. The van der Waals surface area contributed by atoms with Crippen molar-refractivity contribution in [2.45, 2.75) is 0 Å². The van der Waals surface area contributed by atoms with Gasteiger partial charge in [-0.15, -0.1) is 0 Å². The molecule has 2 aromatic heterocycles. The first kappa shape index (κ1) is 14.8. The molecule has 0 unspecified atom stereocenters. The van der Waals surface area contributed by atoms with Gasteiger partial charge in [-0.25, -0.2) is 4.68 Å². The van der Waals surface area contributed by atoms with E-state index in [1.165, 1.54) is 0 Å². The number of nitrogens with zero attached hydrogens (tertiary/aromatic N) is 4. The summed E-state index contributed by atoms with van der Waals surface area (Å²) in [7, 11) is 0. The Bertz CT molecular complexity index is 1020. The van der Waals surface area contributed by atoms with Gasteiger partial charge in [0, 0.05) is 11.1 Å². The molecule has 0 saturated carbocycles. The van der Waals surface area contributed by atoms with Crippen molar-refractivity contribution in [2.75, 3.05) is 5.73 Å². The van der Waals surface area contributed by atoms with Crippen LogP contribution in [0, 0.1) is 0 Å².